The summed E-state index contributed by atoms with van der Waals surface area (Å²) < 4.78 is 1.86. The second-order valence-electron chi connectivity index (χ2n) is 4.72. The quantitative estimate of drug-likeness (QED) is 0.857. The van der Waals surface area contributed by atoms with Gasteiger partial charge in [0, 0.05) is 24.5 Å². The molecule has 0 radical (unpaired) electrons. The molecule has 0 saturated carbocycles. The number of aromatic nitrogens is 3. The number of nitrogens with one attached hydrogen (secondary N) is 2. The molecule has 2 aromatic heterocycles. The van der Waals surface area contributed by atoms with Crippen molar-refractivity contribution in [2.75, 3.05) is 5.32 Å². The van der Waals surface area contributed by atoms with Crippen LogP contribution in [-0.2, 0) is 13.0 Å². The molecule has 108 valence electrons. The highest BCUT2D eigenvalue weighted by Crippen LogP contribution is 2.16. The largest absolute Gasteiger partial charge is 0.342 e. The van der Waals surface area contributed by atoms with Gasteiger partial charge in [0.1, 0.15) is 5.69 Å². The van der Waals surface area contributed by atoms with Gasteiger partial charge in [-0.25, -0.2) is 0 Å². The smallest absolute Gasteiger partial charge is 0.273 e. The summed E-state index contributed by atoms with van der Waals surface area (Å²) in [6.45, 7) is 4.91. The van der Waals surface area contributed by atoms with Crippen LogP contribution in [0.1, 0.15) is 42.9 Å². The highest BCUT2D eigenvalue weighted by molar-refractivity contribution is 6.31. The molecule has 0 aromatic carbocycles. The number of halogens is 1. The molecule has 0 unspecified atom stereocenters. The van der Waals surface area contributed by atoms with Gasteiger partial charge in [-0.1, -0.05) is 31.9 Å². The van der Waals surface area contributed by atoms with Gasteiger partial charge >= 0.3 is 0 Å². The number of carbonyl (C=O) groups excluding carboxylic acids is 1. The van der Waals surface area contributed by atoms with Crippen molar-refractivity contribution in [3.8, 4) is 0 Å². The Morgan fingerprint density at radius 3 is 2.90 bits per heavy atom. The van der Waals surface area contributed by atoms with Crippen LogP contribution in [0.2, 0.25) is 5.02 Å². The van der Waals surface area contributed by atoms with E-state index in [1.54, 1.807) is 12.3 Å². The summed E-state index contributed by atoms with van der Waals surface area (Å²) in [6, 6.07) is 3.53. The molecule has 5 nitrogen and oxygen atoms in total. The summed E-state index contributed by atoms with van der Waals surface area (Å²) in [6.07, 6.45) is 4.66. The Bertz CT molecular complexity index is 588. The number of rotatable bonds is 6. The standard InChI is InChI=1S/C14H19ClN4O/c1-3-5-11-8-13(18-17-11)16-14(20)12-7-10(15)9-19(12)6-4-2/h7-9H,3-6H2,1-2H3,(H2,16,17,18,20). The van der Waals surface area contributed by atoms with Crippen LogP contribution in [0, 0.1) is 0 Å². The number of anilines is 1. The second kappa shape index (κ2) is 6.61. The zero-order chi connectivity index (χ0) is 14.5. The van der Waals surface area contributed by atoms with Crippen molar-refractivity contribution in [2.24, 2.45) is 0 Å². The van der Waals surface area contributed by atoms with E-state index in [2.05, 4.69) is 29.4 Å². The van der Waals surface area contributed by atoms with E-state index in [0.717, 1.165) is 31.5 Å². The molecule has 2 rings (SSSR count). The number of hydrogen-bond donors (Lipinski definition) is 2. The molecule has 6 heteroatoms. The van der Waals surface area contributed by atoms with Crippen LogP contribution in [0.3, 0.4) is 0 Å². The van der Waals surface area contributed by atoms with Crippen LogP contribution < -0.4 is 5.32 Å². The summed E-state index contributed by atoms with van der Waals surface area (Å²) in [5.41, 5.74) is 1.57. The third-order valence-corrected chi connectivity index (χ3v) is 3.16. The van der Waals surface area contributed by atoms with E-state index in [-0.39, 0.29) is 5.91 Å². The monoisotopic (exact) mass is 294 g/mol. The molecule has 2 heterocycles. The van der Waals surface area contributed by atoms with E-state index in [4.69, 9.17) is 11.6 Å². The number of hydrogen-bond acceptors (Lipinski definition) is 2. The summed E-state index contributed by atoms with van der Waals surface area (Å²) in [5, 5.41) is 10.3. The van der Waals surface area contributed by atoms with E-state index in [0.29, 0.717) is 16.5 Å². The molecular weight excluding hydrogens is 276 g/mol. The number of nitrogens with zero attached hydrogens (tertiary/aromatic N) is 2. The maximum atomic E-state index is 12.2. The lowest BCUT2D eigenvalue weighted by molar-refractivity contribution is 0.101. The highest BCUT2D eigenvalue weighted by Gasteiger charge is 2.14. The normalized spacial score (nSPS) is 10.8. The first kappa shape index (κ1) is 14.7. The predicted molar refractivity (Wildman–Crippen MR) is 80.3 cm³/mol. The van der Waals surface area contributed by atoms with E-state index >= 15 is 0 Å². The van der Waals surface area contributed by atoms with Crippen molar-refractivity contribution < 1.29 is 4.79 Å². The Morgan fingerprint density at radius 2 is 2.20 bits per heavy atom. The average Bonchev–Trinajstić information content (AvgIpc) is 2.97. The van der Waals surface area contributed by atoms with Gasteiger partial charge in [-0.05, 0) is 18.9 Å². The summed E-state index contributed by atoms with van der Waals surface area (Å²) >= 11 is 5.97. The van der Waals surface area contributed by atoms with E-state index in [1.807, 2.05) is 10.6 Å². The Morgan fingerprint density at radius 1 is 1.40 bits per heavy atom. The molecule has 0 saturated heterocycles. The van der Waals surface area contributed by atoms with Gasteiger partial charge in [-0.15, -0.1) is 0 Å². The van der Waals surface area contributed by atoms with Gasteiger partial charge in [0.2, 0.25) is 0 Å². The number of aryl methyl sites for hydroxylation is 2. The fourth-order valence-electron chi connectivity index (χ4n) is 2.09. The minimum Gasteiger partial charge on any atom is -0.342 e. The minimum atomic E-state index is -0.195. The summed E-state index contributed by atoms with van der Waals surface area (Å²) in [4.78, 5) is 12.2. The van der Waals surface area contributed by atoms with Crippen LogP contribution in [0.5, 0.6) is 0 Å². The van der Waals surface area contributed by atoms with Gasteiger partial charge in [0.15, 0.2) is 5.82 Å². The van der Waals surface area contributed by atoms with Gasteiger partial charge < -0.3 is 9.88 Å². The zero-order valence-electron chi connectivity index (χ0n) is 11.7. The number of aromatic amines is 1. The van der Waals surface area contributed by atoms with Gasteiger partial charge in [-0.2, -0.15) is 5.10 Å². The van der Waals surface area contributed by atoms with Crippen LogP contribution >= 0.6 is 11.6 Å². The molecule has 0 aliphatic rings. The Hall–Kier alpha value is -1.75. The predicted octanol–water partition coefficient (Wildman–Crippen LogP) is 3.48. The van der Waals surface area contributed by atoms with E-state index < -0.39 is 0 Å². The lowest BCUT2D eigenvalue weighted by Gasteiger charge is -2.06. The van der Waals surface area contributed by atoms with Crippen LogP contribution in [0.15, 0.2) is 18.3 Å². The number of H-pyrrole nitrogens is 1. The fraction of sp³-hybridized carbons (Fsp3) is 0.429. The summed E-state index contributed by atoms with van der Waals surface area (Å²) in [5.74, 6) is 0.346. The third-order valence-electron chi connectivity index (χ3n) is 2.95. The molecule has 0 spiro atoms. The van der Waals surface area contributed by atoms with Crippen molar-refractivity contribution in [3.63, 3.8) is 0 Å². The molecule has 0 atom stereocenters. The van der Waals surface area contributed by atoms with Crippen molar-refractivity contribution in [1.29, 1.82) is 0 Å². The Kier molecular flexibility index (Phi) is 4.84. The van der Waals surface area contributed by atoms with Gasteiger partial charge in [-0.3, -0.25) is 9.89 Å². The molecule has 0 aliphatic carbocycles. The maximum absolute atomic E-state index is 12.2. The second-order valence-corrected chi connectivity index (χ2v) is 5.16. The maximum Gasteiger partial charge on any atom is 0.273 e. The topological polar surface area (TPSA) is 62.7 Å². The molecule has 0 bridgehead atoms. The first-order valence-corrected chi connectivity index (χ1v) is 7.23. The number of carbonyl (C=O) groups is 1. The Balaban J connectivity index is 2.10. The first-order chi connectivity index (χ1) is 9.63. The summed E-state index contributed by atoms with van der Waals surface area (Å²) in [7, 11) is 0. The highest BCUT2D eigenvalue weighted by atomic mass is 35.5. The molecule has 2 aromatic rings. The molecule has 0 fully saturated rings. The SMILES string of the molecule is CCCc1cc(NC(=O)c2cc(Cl)cn2CCC)n[nH]1. The van der Waals surface area contributed by atoms with Crippen molar-refractivity contribution in [1.82, 2.24) is 14.8 Å². The molecule has 1 amide bonds. The van der Waals surface area contributed by atoms with E-state index in [9.17, 15) is 4.79 Å². The first-order valence-electron chi connectivity index (χ1n) is 6.85. The lowest BCUT2D eigenvalue weighted by atomic mass is 10.2. The van der Waals surface area contributed by atoms with Gasteiger partial charge in [0.05, 0.1) is 5.02 Å². The van der Waals surface area contributed by atoms with Crippen LogP contribution in [-0.4, -0.2) is 20.7 Å². The van der Waals surface area contributed by atoms with Crippen LogP contribution in [0.25, 0.3) is 0 Å². The molecule has 0 aliphatic heterocycles. The number of amides is 1. The van der Waals surface area contributed by atoms with Crippen LogP contribution in [0.4, 0.5) is 5.82 Å². The Labute approximate surface area is 123 Å². The molecular formula is C14H19ClN4O. The minimum absolute atomic E-state index is 0.195. The zero-order valence-corrected chi connectivity index (χ0v) is 12.5. The lowest BCUT2D eigenvalue weighted by Crippen LogP contribution is -2.17. The van der Waals surface area contributed by atoms with Crippen molar-refractivity contribution in [3.05, 3.63) is 34.7 Å². The molecule has 20 heavy (non-hydrogen) atoms. The van der Waals surface area contributed by atoms with E-state index in [1.165, 1.54) is 0 Å². The van der Waals surface area contributed by atoms with Crippen molar-refractivity contribution in [2.45, 2.75) is 39.7 Å². The van der Waals surface area contributed by atoms with Crippen molar-refractivity contribution >= 4 is 23.3 Å². The molecule has 2 N–H and O–H groups in total. The van der Waals surface area contributed by atoms with Gasteiger partial charge in [0.25, 0.3) is 5.91 Å². The average molecular weight is 295 g/mol. The fourth-order valence-corrected chi connectivity index (χ4v) is 2.32. The third kappa shape index (κ3) is 3.42.